The van der Waals surface area contributed by atoms with Crippen LogP contribution in [-0.2, 0) is 4.79 Å². The Balaban J connectivity index is 4.40. The van der Waals surface area contributed by atoms with Crippen molar-refractivity contribution in [2.75, 3.05) is 13.1 Å². The Labute approximate surface area is 75.5 Å². The lowest BCUT2D eigenvalue weighted by atomic mass is 10.4. The number of hydrogen-bond donors (Lipinski definition) is 0. The Hall–Kier alpha value is -0.950. The molecule has 0 fully saturated rings. The van der Waals surface area contributed by atoms with Gasteiger partial charge in [-0.3, -0.25) is 4.79 Å². The van der Waals surface area contributed by atoms with Crippen LogP contribution in [0.5, 0.6) is 0 Å². The fourth-order valence-electron chi connectivity index (χ4n) is 0.665. The third-order valence-electron chi connectivity index (χ3n) is 1.09. The zero-order valence-corrected chi connectivity index (χ0v) is 6.74. The average Bonchev–Trinajstić information content (AvgIpc) is 1.78. The fourth-order valence-corrected chi connectivity index (χ4v) is 0.665. The number of alkyl halides is 6. The van der Waals surface area contributed by atoms with Gasteiger partial charge in [-0.25, -0.2) is 0 Å². The summed E-state index contributed by atoms with van der Waals surface area (Å²) in [5.41, 5.74) is 0. The third-order valence-corrected chi connectivity index (χ3v) is 1.09. The van der Waals surface area contributed by atoms with Crippen molar-refractivity contribution in [3.8, 4) is 0 Å². The van der Waals surface area contributed by atoms with E-state index in [4.69, 9.17) is 0 Å². The number of halogens is 6. The number of amides is 1. The normalized spacial score (nSPS) is 12.8. The van der Waals surface area contributed by atoms with E-state index in [-0.39, 0.29) is 0 Å². The van der Waals surface area contributed by atoms with E-state index in [1.165, 1.54) is 0 Å². The van der Waals surface area contributed by atoms with E-state index in [2.05, 4.69) is 6.92 Å². The van der Waals surface area contributed by atoms with Gasteiger partial charge in [0.1, 0.15) is 13.1 Å². The van der Waals surface area contributed by atoms with Crippen molar-refractivity contribution in [3.05, 3.63) is 6.92 Å². The van der Waals surface area contributed by atoms with Crippen LogP contribution in [0.1, 0.15) is 0 Å². The Bertz CT molecular complexity index is 191. The molecule has 0 N–H and O–H groups in total. The van der Waals surface area contributed by atoms with E-state index < -0.39 is 36.2 Å². The number of rotatable bonds is 2. The van der Waals surface area contributed by atoms with Gasteiger partial charge in [-0.05, 0) is 0 Å². The molecule has 1 amide bonds. The van der Waals surface area contributed by atoms with E-state index in [1.807, 2.05) is 0 Å². The molecule has 0 bridgehead atoms. The van der Waals surface area contributed by atoms with Crippen LogP contribution in [0.3, 0.4) is 0 Å². The van der Waals surface area contributed by atoms with Crippen LogP contribution in [0.25, 0.3) is 0 Å². The molecule has 0 aromatic heterocycles. The van der Waals surface area contributed by atoms with E-state index >= 15 is 0 Å². The summed E-state index contributed by atoms with van der Waals surface area (Å²) >= 11 is 0. The first kappa shape index (κ1) is 13.0. The summed E-state index contributed by atoms with van der Waals surface area (Å²) in [5.74, 6) is -1.51. The van der Waals surface area contributed by atoms with Crippen LogP contribution < -0.4 is 0 Å². The molecule has 0 aliphatic carbocycles. The maximum Gasteiger partial charge on any atom is 0.406 e. The third kappa shape index (κ3) is 6.55. The largest absolute Gasteiger partial charge is 0.406 e. The Morgan fingerprint density at radius 1 is 1.00 bits per heavy atom. The van der Waals surface area contributed by atoms with Crippen molar-refractivity contribution in [2.45, 2.75) is 12.4 Å². The molecular formula is C6H6F6NO. The van der Waals surface area contributed by atoms with Gasteiger partial charge in [-0.1, -0.05) is 0 Å². The van der Waals surface area contributed by atoms with E-state index in [1.54, 1.807) is 0 Å². The van der Waals surface area contributed by atoms with Crippen LogP contribution in [0.15, 0.2) is 0 Å². The second kappa shape index (κ2) is 4.05. The predicted octanol–water partition coefficient (Wildman–Crippen LogP) is 1.77. The van der Waals surface area contributed by atoms with E-state index in [0.717, 1.165) is 0 Å². The van der Waals surface area contributed by atoms with E-state index in [0.29, 0.717) is 0 Å². The Morgan fingerprint density at radius 2 is 1.29 bits per heavy atom. The lowest BCUT2D eigenvalue weighted by Crippen LogP contribution is -2.43. The van der Waals surface area contributed by atoms with Crippen LogP contribution >= 0.6 is 0 Å². The van der Waals surface area contributed by atoms with Gasteiger partial charge in [0, 0.05) is 6.92 Å². The molecule has 0 aliphatic heterocycles. The molecule has 8 heteroatoms. The molecule has 0 atom stereocenters. The van der Waals surface area contributed by atoms with Crippen molar-refractivity contribution in [3.63, 3.8) is 0 Å². The van der Waals surface area contributed by atoms with Crippen molar-refractivity contribution in [1.29, 1.82) is 0 Å². The molecule has 1 radical (unpaired) electrons. The maximum absolute atomic E-state index is 11.7. The smallest absolute Gasteiger partial charge is 0.324 e. The summed E-state index contributed by atoms with van der Waals surface area (Å²) in [4.78, 5) is 9.90. The Morgan fingerprint density at radius 3 is 1.43 bits per heavy atom. The number of carbonyl (C=O) groups is 1. The summed E-state index contributed by atoms with van der Waals surface area (Å²) in [6.45, 7) is -1.40. The highest BCUT2D eigenvalue weighted by molar-refractivity contribution is 5.80. The molecular weight excluding hydrogens is 216 g/mol. The van der Waals surface area contributed by atoms with Gasteiger partial charge in [0.15, 0.2) is 0 Å². The molecule has 2 nitrogen and oxygen atoms in total. The summed E-state index contributed by atoms with van der Waals surface area (Å²) < 4.78 is 69.9. The van der Waals surface area contributed by atoms with Crippen molar-refractivity contribution in [1.82, 2.24) is 4.90 Å². The van der Waals surface area contributed by atoms with Gasteiger partial charge in [0.05, 0.1) is 0 Å². The topological polar surface area (TPSA) is 20.3 Å². The van der Waals surface area contributed by atoms with Crippen LogP contribution in [0, 0.1) is 6.92 Å². The average molecular weight is 222 g/mol. The van der Waals surface area contributed by atoms with Gasteiger partial charge in [0.2, 0.25) is 5.91 Å². The number of carbonyl (C=O) groups excluding carboxylic acids is 1. The Kier molecular flexibility index (Phi) is 3.78. The first-order valence-electron chi connectivity index (χ1n) is 3.25. The monoisotopic (exact) mass is 222 g/mol. The molecule has 0 aliphatic rings. The summed E-state index contributed by atoms with van der Waals surface area (Å²) in [6, 6.07) is 0. The van der Waals surface area contributed by atoms with Crippen LogP contribution in [0.4, 0.5) is 26.3 Å². The van der Waals surface area contributed by atoms with Gasteiger partial charge in [-0.15, -0.1) is 0 Å². The number of hydrogen-bond acceptors (Lipinski definition) is 1. The van der Waals surface area contributed by atoms with E-state index in [9.17, 15) is 31.1 Å². The standard InChI is InChI=1S/C6H6F6NO/c1-4(14)13(2-5(7,8)9)3-6(10,11)12/h1-3H2. The van der Waals surface area contributed by atoms with Crippen LogP contribution in [-0.4, -0.2) is 36.2 Å². The number of nitrogens with zero attached hydrogens (tertiary/aromatic N) is 1. The lowest BCUT2D eigenvalue weighted by Gasteiger charge is -2.23. The van der Waals surface area contributed by atoms with Crippen molar-refractivity contribution >= 4 is 5.91 Å². The van der Waals surface area contributed by atoms with Crippen molar-refractivity contribution < 1.29 is 31.1 Å². The van der Waals surface area contributed by atoms with Gasteiger partial charge < -0.3 is 4.90 Å². The van der Waals surface area contributed by atoms with Gasteiger partial charge in [0.25, 0.3) is 0 Å². The summed E-state index contributed by atoms with van der Waals surface area (Å²) in [5, 5.41) is 0. The summed E-state index contributed by atoms with van der Waals surface area (Å²) in [6.07, 6.45) is -9.72. The quantitative estimate of drug-likeness (QED) is 0.652. The lowest BCUT2D eigenvalue weighted by molar-refractivity contribution is -0.185. The second-order valence-electron chi connectivity index (χ2n) is 2.48. The van der Waals surface area contributed by atoms with Gasteiger partial charge in [-0.2, -0.15) is 26.3 Å². The molecule has 0 aromatic carbocycles. The highest BCUT2D eigenvalue weighted by Gasteiger charge is 2.38. The van der Waals surface area contributed by atoms with Gasteiger partial charge >= 0.3 is 12.4 Å². The minimum atomic E-state index is -4.86. The highest BCUT2D eigenvalue weighted by Crippen LogP contribution is 2.21. The van der Waals surface area contributed by atoms with Crippen molar-refractivity contribution in [2.24, 2.45) is 0 Å². The molecule has 0 aromatic rings. The fraction of sp³-hybridized carbons (Fsp3) is 0.667. The minimum Gasteiger partial charge on any atom is -0.324 e. The summed E-state index contributed by atoms with van der Waals surface area (Å²) in [7, 11) is 0. The molecule has 0 unspecified atom stereocenters. The first-order valence-corrected chi connectivity index (χ1v) is 3.25. The SMILES string of the molecule is [CH2]C(=O)N(CC(F)(F)F)CC(F)(F)F. The molecule has 83 valence electrons. The highest BCUT2D eigenvalue weighted by atomic mass is 19.4. The molecule has 0 spiro atoms. The molecule has 0 heterocycles. The first-order chi connectivity index (χ1) is 6.01. The second-order valence-corrected chi connectivity index (χ2v) is 2.48. The zero-order chi connectivity index (χ0) is 11.6. The minimum absolute atomic E-state index is 0.417. The molecule has 0 rings (SSSR count). The molecule has 0 saturated carbocycles. The predicted molar refractivity (Wildman–Crippen MR) is 34.0 cm³/mol. The van der Waals surface area contributed by atoms with Crippen LogP contribution in [0.2, 0.25) is 0 Å². The maximum atomic E-state index is 11.7. The zero-order valence-electron chi connectivity index (χ0n) is 6.74. The molecule has 14 heavy (non-hydrogen) atoms. The molecule has 0 saturated heterocycles.